The third-order valence-electron chi connectivity index (χ3n) is 2.70. The molecule has 1 atom stereocenters. The molecule has 2 rings (SSSR count). The molecule has 0 saturated heterocycles. The number of nitrogens with two attached hydrogens (primary N) is 1. The van der Waals surface area contributed by atoms with Crippen molar-refractivity contribution in [3.8, 4) is 0 Å². The third kappa shape index (κ3) is 4.87. The number of primary amides is 1. The van der Waals surface area contributed by atoms with E-state index in [4.69, 9.17) is 5.73 Å². The van der Waals surface area contributed by atoms with E-state index in [1.54, 1.807) is 12.1 Å². The molecule has 0 fully saturated rings. The summed E-state index contributed by atoms with van der Waals surface area (Å²) in [6.45, 7) is 0. The van der Waals surface area contributed by atoms with E-state index in [0.717, 1.165) is 9.35 Å². The van der Waals surface area contributed by atoms with Gasteiger partial charge in [-0.1, -0.05) is 28.1 Å². The SMILES string of the molecule is NC(=O)N[C@H](CC(=O)Nc1cccc(Br)c1)c1cccs1. The van der Waals surface area contributed by atoms with Crippen molar-refractivity contribution in [3.05, 3.63) is 51.1 Å². The molecule has 21 heavy (non-hydrogen) atoms. The van der Waals surface area contributed by atoms with Gasteiger partial charge in [-0.2, -0.15) is 0 Å². The van der Waals surface area contributed by atoms with Gasteiger partial charge in [0.1, 0.15) is 0 Å². The highest BCUT2D eigenvalue weighted by atomic mass is 79.9. The van der Waals surface area contributed by atoms with Crippen LogP contribution in [0.3, 0.4) is 0 Å². The van der Waals surface area contributed by atoms with E-state index >= 15 is 0 Å². The molecule has 1 aromatic heterocycles. The number of carbonyl (C=O) groups is 2. The molecular formula is C14H14BrN3O2S. The van der Waals surface area contributed by atoms with E-state index in [1.807, 2.05) is 29.6 Å². The number of amides is 3. The number of benzene rings is 1. The lowest BCUT2D eigenvalue weighted by atomic mass is 10.1. The van der Waals surface area contributed by atoms with Gasteiger partial charge in [0.15, 0.2) is 0 Å². The van der Waals surface area contributed by atoms with Crippen LogP contribution in [0.15, 0.2) is 46.3 Å². The highest BCUT2D eigenvalue weighted by molar-refractivity contribution is 9.10. The van der Waals surface area contributed by atoms with Crippen molar-refractivity contribution in [1.82, 2.24) is 5.32 Å². The summed E-state index contributed by atoms with van der Waals surface area (Å²) in [6.07, 6.45) is 0.121. The van der Waals surface area contributed by atoms with Crippen LogP contribution in [0.2, 0.25) is 0 Å². The Morgan fingerprint density at radius 2 is 2.10 bits per heavy atom. The van der Waals surface area contributed by atoms with Crippen LogP contribution in [-0.2, 0) is 4.79 Å². The molecule has 0 bridgehead atoms. The van der Waals surface area contributed by atoms with Gasteiger partial charge < -0.3 is 16.4 Å². The summed E-state index contributed by atoms with van der Waals surface area (Å²) in [6, 6.07) is 9.96. The lowest BCUT2D eigenvalue weighted by Crippen LogP contribution is -2.34. The van der Waals surface area contributed by atoms with Crippen LogP contribution >= 0.6 is 27.3 Å². The molecule has 0 aliphatic heterocycles. The van der Waals surface area contributed by atoms with E-state index < -0.39 is 12.1 Å². The summed E-state index contributed by atoms with van der Waals surface area (Å²) in [5, 5.41) is 7.27. The maximum Gasteiger partial charge on any atom is 0.312 e. The van der Waals surface area contributed by atoms with Gasteiger partial charge in [-0.05, 0) is 29.6 Å². The van der Waals surface area contributed by atoms with Crippen molar-refractivity contribution in [2.24, 2.45) is 5.73 Å². The van der Waals surface area contributed by atoms with E-state index in [-0.39, 0.29) is 12.3 Å². The van der Waals surface area contributed by atoms with E-state index in [2.05, 4.69) is 26.6 Å². The van der Waals surface area contributed by atoms with Gasteiger partial charge >= 0.3 is 6.03 Å². The summed E-state index contributed by atoms with van der Waals surface area (Å²) < 4.78 is 0.880. The average Bonchev–Trinajstić information content (AvgIpc) is 2.91. The topological polar surface area (TPSA) is 84.2 Å². The summed E-state index contributed by atoms with van der Waals surface area (Å²) in [7, 11) is 0. The van der Waals surface area contributed by atoms with Gasteiger partial charge in [-0.25, -0.2) is 4.79 Å². The number of halogens is 1. The first-order valence-corrected chi connectivity index (χ1v) is 7.86. The fourth-order valence-corrected chi connectivity index (χ4v) is 3.02. The monoisotopic (exact) mass is 367 g/mol. The minimum Gasteiger partial charge on any atom is -0.352 e. The van der Waals surface area contributed by atoms with Crippen molar-refractivity contribution < 1.29 is 9.59 Å². The minimum absolute atomic E-state index is 0.121. The second-order valence-electron chi connectivity index (χ2n) is 4.34. The second kappa shape index (κ2) is 7.24. The van der Waals surface area contributed by atoms with Crippen LogP contribution in [0.25, 0.3) is 0 Å². The Balaban J connectivity index is 2.02. The Bertz CT molecular complexity index is 631. The Labute approximate surface area is 134 Å². The van der Waals surface area contributed by atoms with E-state index in [9.17, 15) is 9.59 Å². The number of hydrogen-bond acceptors (Lipinski definition) is 3. The summed E-state index contributed by atoms with van der Waals surface area (Å²) in [5.41, 5.74) is 5.86. The fourth-order valence-electron chi connectivity index (χ4n) is 1.85. The molecule has 0 aliphatic rings. The zero-order valence-corrected chi connectivity index (χ0v) is 13.4. The molecule has 5 nitrogen and oxygen atoms in total. The fraction of sp³-hybridized carbons (Fsp3) is 0.143. The number of rotatable bonds is 5. The first kappa shape index (κ1) is 15.5. The van der Waals surface area contributed by atoms with Gasteiger partial charge in [0.2, 0.25) is 5.91 Å². The molecule has 0 unspecified atom stereocenters. The number of thiophene rings is 1. The normalized spacial score (nSPS) is 11.7. The van der Waals surface area contributed by atoms with Crippen molar-refractivity contribution in [2.45, 2.75) is 12.5 Å². The number of urea groups is 1. The molecule has 0 radical (unpaired) electrons. The predicted octanol–water partition coefficient (Wildman–Crippen LogP) is 3.25. The maximum atomic E-state index is 12.1. The van der Waals surface area contributed by atoms with Crippen LogP contribution in [-0.4, -0.2) is 11.9 Å². The summed E-state index contributed by atoms with van der Waals surface area (Å²) in [5.74, 6) is -0.194. The van der Waals surface area contributed by atoms with Crippen LogP contribution < -0.4 is 16.4 Å². The van der Waals surface area contributed by atoms with Gasteiger partial charge in [0.25, 0.3) is 0 Å². The molecule has 7 heteroatoms. The van der Waals surface area contributed by atoms with Gasteiger partial charge in [0, 0.05) is 15.0 Å². The maximum absolute atomic E-state index is 12.1. The molecular weight excluding hydrogens is 354 g/mol. The third-order valence-corrected chi connectivity index (χ3v) is 4.18. The van der Waals surface area contributed by atoms with Gasteiger partial charge in [0.05, 0.1) is 12.5 Å². The van der Waals surface area contributed by atoms with Crippen molar-refractivity contribution in [2.75, 3.05) is 5.32 Å². The Kier molecular flexibility index (Phi) is 5.35. The molecule has 1 aromatic carbocycles. The largest absolute Gasteiger partial charge is 0.352 e. The highest BCUT2D eigenvalue weighted by Gasteiger charge is 2.18. The number of anilines is 1. The molecule has 110 valence electrons. The van der Waals surface area contributed by atoms with Crippen molar-refractivity contribution >= 4 is 44.9 Å². The Morgan fingerprint density at radius 1 is 1.29 bits per heavy atom. The lowest BCUT2D eigenvalue weighted by Gasteiger charge is -2.16. The van der Waals surface area contributed by atoms with E-state index in [1.165, 1.54) is 11.3 Å². The summed E-state index contributed by atoms with van der Waals surface area (Å²) >= 11 is 4.81. The number of nitrogens with one attached hydrogen (secondary N) is 2. The number of carbonyl (C=O) groups excluding carboxylic acids is 2. The van der Waals surface area contributed by atoms with E-state index in [0.29, 0.717) is 5.69 Å². The first-order valence-electron chi connectivity index (χ1n) is 6.19. The van der Waals surface area contributed by atoms with Crippen LogP contribution in [0.5, 0.6) is 0 Å². The Hall–Kier alpha value is -1.86. The zero-order valence-electron chi connectivity index (χ0n) is 11.0. The summed E-state index contributed by atoms with van der Waals surface area (Å²) in [4.78, 5) is 24.1. The quantitative estimate of drug-likeness (QED) is 0.757. The number of hydrogen-bond donors (Lipinski definition) is 3. The minimum atomic E-state index is -0.649. The lowest BCUT2D eigenvalue weighted by molar-refractivity contribution is -0.116. The molecule has 1 heterocycles. The molecule has 2 aromatic rings. The van der Waals surface area contributed by atoms with Crippen LogP contribution in [0.4, 0.5) is 10.5 Å². The van der Waals surface area contributed by atoms with Crippen molar-refractivity contribution in [3.63, 3.8) is 0 Å². The van der Waals surface area contributed by atoms with Gasteiger partial charge in [-0.15, -0.1) is 11.3 Å². The smallest absolute Gasteiger partial charge is 0.312 e. The predicted molar refractivity (Wildman–Crippen MR) is 87.2 cm³/mol. The standard InChI is InChI=1S/C14H14BrN3O2S/c15-9-3-1-4-10(7-9)17-13(19)8-11(18-14(16)20)12-5-2-6-21-12/h1-7,11H,8H2,(H,17,19)(H3,16,18,20)/t11-/m1/s1. The first-order chi connectivity index (χ1) is 10.0. The second-order valence-corrected chi connectivity index (χ2v) is 6.23. The molecule has 3 amide bonds. The molecule has 4 N–H and O–H groups in total. The van der Waals surface area contributed by atoms with Gasteiger partial charge in [-0.3, -0.25) is 4.79 Å². The average molecular weight is 368 g/mol. The Morgan fingerprint density at radius 3 is 2.71 bits per heavy atom. The zero-order chi connectivity index (χ0) is 15.2. The molecule has 0 aliphatic carbocycles. The van der Waals surface area contributed by atoms with Crippen molar-refractivity contribution in [1.29, 1.82) is 0 Å². The molecule has 0 spiro atoms. The highest BCUT2D eigenvalue weighted by Crippen LogP contribution is 2.23. The molecule has 0 saturated carbocycles. The van der Waals surface area contributed by atoms with Crippen LogP contribution in [0, 0.1) is 0 Å². The van der Waals surface area contributed by atoms with Crippen LogP contribution in [0.1, 0.15) is 17.3 Å².